The Morgan fingerprint density at radius 1 is 1.38 bits per heavy atom. The second-order valence-electron chi connectivity index (χ2n) is 2.82. The number of carbonyl (C=O) groups excluding carboxylic acids is 1. The standard InChI is InChI=1S/C8H2ClF3N2OS/c9-6-5(8(10,11)12)14-7-4(13-6)1-3(2-15)16-7/h1-2H. The largest absolute Gasteiger partial charge is 0.436 e. The van der Waals surface area contributed by atoms with Crippen LogP contribution in [0.3, 0.4) is 0 Å². The summed E-state index contributed by atoms with van der Waals surface area (Å²) in [5.74, 6) is 0. The van der Waals surface area contributed by atoms with Gasteiger partial charge in [0.2, 0.25) is 0 Å². The van der Waals surface area contributed by atoms with Crippen molar-refractivity contribution in [1.29, 1.82) is 0 Å². The van der Waals surface area contributed by atoms with E-state index in [2.05, 4.69) is 9.97 Å². The molecular formula is C8H2ClF3N2OS. The SMILES string of the molecule is O=Cc1cc2nc(Cl)c(C(F)(F)F)nc2s1. The smallest absolute Gasteiger partial charge is 0.297 e. The number of fused-ring (bicyclic) bond motifs is 1. The van der Waals surface area contributed by atoms with E-state index < -0.39 is 17.0 Å². The lowest BCUT2D eigenvalue weighted by Crippen LogP contribution is -2.09. The molecule has 0 aliphatic rings. The monoisotopic (exact) mass is 266 g/mol. The van der Waals surface area contributed by atoms with E-state index in [0.29, 0.717) is 6.29 Å². The molecule has 0 spiro atoms. The van der Waals surface area contributed by atoms with Gasteiger partial charge in [0, 0.05) is 0 Å². The first kappa shape index (κ1) is 11.3. The third-order valence-corrected chi connectivity index (χ3v) is 2.93. The molecule has 8 heteroatoms. The molecule has 0 N–H and O–H groups in total. The van der Waals surface area contributed by atoms with E-state index in [4.69, 9.17) is 11.6 Å². The fourth-order valence-corrected chi connectivity index (χ4v) is 2.12. The van der Waals surface area contributed by atoms with Crippen LogP contribution in [0.1, 0.15) is 15.4 Å². The minimum atomic E-state index is -4.65. The molecule has 0 aromatic carbocycles. The molecule has 0 aliphatic heterocycles. The van der Waals surface area contributed by atoms with Gasteiger partial charge in [0.15, 0.2) is 17.1 Å². The number of hydrogen-bond donors (Lipinski definition) is 0. The number of aromatic nitrogens is 2. The van der Waals surface area contributed by atoms with Crippen molar-refractivity contribution in [2.45, 2.75) is 6.18 Å². The Labute approximate surface area is 95.9 Å². The van der Waals surface area contributed by atoms with Crippen molar-refractivity contribution < 1.29 is 18.0 Å². The van der Waals surface area contributed by atoms with Crippen molar-refractivity contribution in [3.8, 4) is 0 Å². The molecule has 0 fully saturated rings. The molecule has 0 unspecified atom stereocenters. The van der Waals surface area contributed by atoms with Crippen LogP contribution in [-0.2, 0) is 6.18 Å². The molecule has 84 valence electrons. The average molecular weight is 267 g/mol. The van der Waals surface area contributed by atoms with Gasteiger partial charge in [0.05, 0.1) is 4.88 Å². The minimum Gasteiger partial charge on any atom is -0.297 e. The maximum absolute atomic E-state index is 12.4. The fraction of sp³-hybridized carbons (Fsp3) is 0.125. The lowest BCUT2D eigenvalue weighted by molar-refractivity contribution is -0.141. The first-order chi connectivity index (χ1) is 7.41. The van der Waals surface area contributed by atoms with E-state index in [9.17, 15) is 18.0 Å². The van der Waals surface area contributed by atoms with E-state index in [1.807, 2.05) is 0 Å². The lowest BCUT2D eigenvalue weighted by atomic mass is 10.4. The summed E-state index contributed by atoms with van der Waals surface area (Å²) in [6.45, 7) is 0. The summed E-state index contributed by atoms with van der Waals surface area (Å²) < 4.78 is 37.2. The molecule has 2 aromatic heterocycles. The maximum atomic E-state index is 12.4. The van der Waals surface area contributed by atoms with E-state index in [-0.39, 0.29) is 15.2 Å². The van der Waals surface area contributed by atoms with Crippen LogP contribution >= 0.6 is 22.9 Å². The first-order valence-corrected chi connectivity index (χ1v) is 5.10. The zero-order valence-corrected chi connectivity index (χ0v) is 8.95. The van der Waals surface area contributed by atoms with Crippen LogP contribution in [0.4, 0.5) is 13.2 Å². The van der Waals surface area contributed by atoms with Crippen molar-refractivity contribution in [3.05, 3.63) is 21.8 Å². The highest BCUT2D eigenvalue weighted by atomic mass is 35.5. The summed E-state index contributed by atoms with van der Waals surface area (Å²) in [5.41, 5.74) is -1.05. The van der Waals surface area contributed by atoms with Crippen LogP contribution in [0.2, 0.25) is 5.15 Å². The quantitative estimate of drug-likeness (QED) is 0.745. The third-order valence-electron chi connectivity index (χ3n) is 1.72. The molecule has 0 saturated carbocycles. The van der Waals surface area contributed by atoms with Crippen LogP contribution in [0.15, 0.2) is 6.07 Å². The van der Waals surface area contributed by atoms with Gasteiger partial charge >= 0.3 is 6.18 Å². The van der Waals surface area contributed by atoms with Crippen molar-refractivity contribution in [1.82, 2.24) is 9.97 Å². The van der Waals surface area contributed by atoms with Crippen molar-refractivity contribution in [2.24, 2.45) is 0 Å². The first-order valence-electron chi connectivity index (χ1n) is 3.91. The van der Waals surface area contributed by atoms with Gasteiger partial charge in [0.25, 0.3) is 0 Å². The molecule has 0 bridgehead atoms. The van der Waals surface area contributed by atoms with Gasteiger partial charge in [-0.25, -0.2) is 9.97 Å². The molecule has 0 aliphatic carbocycles. The Balaban J connectivity index is 2.70. The van der Waals surface area contributed by atoms with Crippen molar-refractivity contribution in [2.75, 3.05) is 0 Å². The molecule has 0 saturated heterocycles. The van der Waals surface area contributed by atoms with Gasteiger partial charge in [-0.05, 0) is 6.07 Å². The number of hydrogen-bond acceptors (Lipinski definition) is 4. The number of thiophene rings is 1. The highest BCUT2D eigenvalue weighted by Gasteiger charge is 2.36. The third kappa shape index (κ3) is 1.88. The molecular weight excluding hydrogens is 265 g/mol. The van der Waals surface area contributed by atoms with E-state index in [1.54, 1.807) is 0 Å². The van der Waals surface area contributed by atoms with Crippen LogP contribution in [0.25, 0.3) is 10.3 Å². The summed E-state index contributed by atoms with van der Waals surface area (Å²) in [4.78, 5) is 17.6. The summed E-state index contributed by atoms with van der Waals surface area (Å²) in [6, 6.07) is 1.34. The van der Waals surface area contributed by atoms with Gasteiger partial charge in [-0.1, -0.05) is 11.6 Å². The number of rotatable bonds is 1. The van der Waals surface area contributed by atoms with Gasteiger partial charge in [0.1, 0.15) is 10.3 Å². The number of alkyl halides is 3. The normalized spacial score (nSPS) is 12.0. The highest BCUT2D eigenvalue weighted by Crippen LogP contribution is 2.34. The second kappa shape index (κ2) is 3.67. The van der Waals surface area contributed by atoms with E-state index in [1.165, 1.54) is 6.07 Å². The summed E-state index contributed by atoms with van der Waals surface area (Å²) in [6.07, 6.45) is -4.13. The molecule has 0 atom stereocenters. The topological polar surface area (TPSA) is 42.9 Å². The Hall–Kier alpha value is -1.21. The minimum absolute atomic E-state index is 0.0406. The Morgan fingerprint density at radius 2 is 2.06 bits per heavy atom. The second-order valence-corrected chi connectivity index (χ2v) is 4.24. The summed E-state index contributed by atoms with van der Waals surface area (Å²) >= 11 is 6.20. The van der Waals surface area contributed by atoms with Gasteiger partial charge < -0.3 is 0 Å². The number of carbonyl (C=O) groups is 1. The summed E-state index contributed by atoms with van der Waals surface area (Å²) in [5, 5.41) is -0.713. The predicted octanol–water partition coefficient (Wildman–Crippen LogP) is 3.18. The molecule has 2 rings (SSSR count). The average Bonchev–Trinajstić information content (AvgIpc) is 2.56. The van der Waals surface area contributed by atoms with Crippen LogP contribution in [0.5, 0.6) is 0 Å². The summed E-state index contributed by atoms with van der Waals surface area (Å²) in [7, 11) is 0. The van der Waals surface area contributed by atoms with Crippen molar-refractivity contribution in [3.63, 3.8) is 0 Å². The van der Waals surface area contributed by atoms with E-state index >= 15 is 0 Å². The zero-order valence-electron chi connectivity index (χ0n) is 7.38. The molecule has 0 radical (unpaired) electrons. The molecule has 0 amide bonds. The van der Waals surface area contributed by atoms with Crippen molar-refractivity contribution >= 4 is 39.6 Å². The van der Waals surface area contributed by atoms with Gasteiger partial charge in [-0.15, -0.1) is 11.3 Å². The Kier molecular flexibility index (Phi) is 2.59. The Bertz CT molecular complexity index is 566. The predicted molar refractivity (Wildman–Crippen MR) is 52.8 cm³/mol. The lowest BCUT2D eigenvalue weighted by Gasteiger charge is -2.06. The molecule has 2 heterocycles. The Morgan fingerprint density at radius 3 is 2.62 bits per heavy atom. The van der Waals surface area contributed by atoms with Gasteiger partial charge in [-0.3, -0.25) is 4.79 Å². The van der Waals surface area contributed by atoms with Crippen LogP contribution in [-0.4, -0.2) is 16.3 Å². The van der Waals surface area contributed by atoms with Crippen LogP contribution < -0.4 is 0 Å². The molecule has 16 heavy (non-hydrogen) atoms. The van der Waals surface area contributed by atoms with Gasteiger partial charge in [-0.2, -0.15) is 13.2 Å². The molecule has 3 nitrogen and oxygen atoms in total. The fourth-order valence-electron chi connectivity index (χ4n) is 1.09. The zero-order chi connectivity index (χ0) is 11.9. The van der Waals surface area contributed by atoms with Crippen LogP contribution in [0, 0.1) is 0 Å². The number of nitrogens with zero attached hydrogens (tertiary/aromatic N) is 2. The maximum Gasteiger partial charge on any atom is 0.436 e. The highest BCUT2D eigenvalue weighted by molar-refractivity contribution is 7.20. The number of halogens is 4. The molecule has 2 aromatic rings. The number of aldehydes is 1. The van der Waals surface area contributed by atoms with E-state index in [0.717, 1.165) is 11.3 Å².